The molecule has 11 heavy (non-hydrogen) atoms. The molecule has 1 saturated heterocycles. The van der Waals surface area contributed by atoms with Crippen molar-refractivity contribution in [3.8, 4) is 0 Å². The van der Waals surface area contributed by atoms with Crippen molar-refractivity contribution in [1.29, 1.82) is 0 Å². The van der Waals surface area contributed by atoms with Gasteiger partial charge in [-0.25, -0.2) is 0 Å². The quantitative estimate of drug-likeness (QED) is 0.652. The molecule has 1 aliphatic heterocycles. The number of thioether (sulfide) groups is 1. The molecular formula is C9H17NS. The molecule has 0 spiro atoms. The molecule has 2 fully saturated rings. The van der Waals surface area contributed by atoms with Crippen LogP contribution in [-0.4, -0.2) is 17.5 Å². The van der Waals surface area contributed by atoms with Crippen LogP contribution >= 0.6 is 11.8 Å². The maximum Gasteiger partial charge on any atom is 0.00855 e. The molecule has 0 bridgehead atoms. The zero-order valence-corrected chi connectivity index (χ0v) is 7.78. The summed E-state index contributed by atoms with van der Waals surface area (Å²) in [4.78, 5) is 0. The van der Waals surface area contributed by atoms with Gasteiger partial charge in [-0.1, -0.05) is 19.3 Å². The normalized spacial score (nSPS) is 40.1. The Morgan fingerprint density at radius 2 is 2.00 bits per heavy atom. The van der Waals surface area contributed by atoms with Gasteiger partial charge in [-0.3, -0.25) is 0 Å². The molecule has 0 amide bonds. The number of hydrogen-bond acceptors (Lipinski definition) is 2. The van der Waals surface area contributed by atoms with Crippen LogP contribution < -0.4 is 5.73 Å². The molecule has 2 N–H and O–H groups in total. The third-order valence-electron chi connectivity index (χ3n) is 3.21. The van der Waals surface area contributed by atoms with Gasteiger partial charge in [0.1, 0.15) is 0 Å². The van der Waals surface area contributed by atoms with E-state index in [0.717, 1.165) is 11.8 Å². The van der Waals surface area contributed by atoms with Gasteiger partial charge in [0.2, 0.25) is 0 Å². The van der Waals surface area contributed by atoms with Crippen LogP contribution in [0.3, 0.4) is 0 Å². The molecule has 1 aliphatic carbocycles. The highest BCUT2D eigenvalue weighted by molar-refractivity contribution is 7.99. The molecule has 0 aromatic heterocycles. The monoisotopic (exact) mass is 171 g/mol. The summed E-state index contributed by atoms with van der Waals surface area (Å²) in [5.74, 6) is 4.50. The highest BCUT2D eigenvalue weighted by Crippen LogP contribution is 2.39. The lowest BCUT2D eigenvalue weighted by Crippen LogP contribution is -2.42. The van der Waals surface area contributed by atoms with Gasteiger partial charge in [0.05, 0.1) is 0 Å². The Bertz CT molecular complexity index is 132. The topological polar surface area (TPSA) is 26.0 Å². The molecule has 2 atom stereocenters. The minimum atomic E-state index is 0.529. The maximum atomic E-state index is 6.08. The van der Waals surface area contributed by atoms with Crippen molar-refractivity contribution in [3.05, 3.63) is 0 Å². The van der Waals surface area contributed by atoms with E-state index in [1.165, 1.54) is 37.2 Å². The molecular weight excluding hydrogens is 154 g/mol. The molecule has 0 radical (unpaired) electrons. The highest BCUT2D eigenvalue weighted by atomic mass is 32.2. The Morgan fingerprint density at radius 1 is 1.18 bits per heavy atom. The summed E-state index contributed by atoms with van der Waals surface area (Å²) in [6, 6.07) is 0.529. The average molecular weight is 171 g/mol. The Morgan fingerprint density at radius 3 is 2.55 bits per heavy atom. The first-order chi connectivity index (χ1) is 5.38. The molecule has 64 valence electrons. The molecule has 2 heteroatoms. The van der Waals surface area contributed by atoms with Crippen LogP contribution in [-0.2, 0) is 0 Å². The van der Waals surface area contributed by atoms with Crippen LogP contribution in [0.2, 0.25) is 0 Å². The molecule has 1 heterocycles. The summed E-state index contributed by atoms with van der Waals surface area (Å²) in [7, 11) is 0. The molecule has 1 saturated carbocycles. The first kappa shape index (κ1) is 7.93. The maximum absolute atomic E-state index is 6.08. The van der Waals surface area contributed by atoms with E-state index >= 15 is 0 Å². The van der Waals surface area contributed by atoms with Crippen molar-refractivity contribution in [1.82, 2.24) is 0 Å². The number of nitrogens with two attached hydrogens (primary N) is 1. The molecule has 0 aromatic rings. The summed E-state index contributed by atoms with van der Waals surface area (Å²) in [5.41, 5.74) is 6.08. The summed E-state index contributed by atoms with van der Waals surface area (Å²) in [6.07, 6.45) is 5.63. The van der Waals surface area contributed by atoms with Crippen molar-refractivity contribution < 1.29 is 0 Å². The van der Waals surface area contributed by atoms with Crippen LogP contribution in [0.5, 0.6) is 0 Å². The zero-order valence-electron chi connectivity index (χ0n) is 6.96. The van der Waals surface area contributed by atoms with E-state index in [0.29, 0.717) is 6.04 Å². The lowest BCUT2D eigenvalue weighted by molar-refractivity contribution is 0.192. The SMILES string of the molecule is NC1CCSCC1C1CCC1. The van der Waals surface area contributed by atoms with E-state index in [1.807, 2.05) is 0 Å². The molecule has 1 nitrogen and oxygen atoms in total. The summed E-state index contributed by atoms with van der Waals surface area (Å²) in [5, 5.41) is 0. The van der Waals surface area contributed by atoms with Crippen molar-refractivity contribution in [2.75, 3.05) is 11.5 Å². The highest BCUT2D eigenvalue weighted by Gasteiger charge is 2.32. The fourth-order valence-corrected chi connectivity index (χ4v) is 3.53. The fraction of sp³-hybridized carbons (Fsp3) is 1.00. The van der Waals surface area contributed by atoms with Gasteiger partial charge < -0.3 is 5.73 Å². The lowest BCUT2D eigenvalue weighted by atomic mass is 9.73. The van der Waals surface area contributed by atoms with Gasteiger partial charge in [-0.15, -0.1) is 0 Å². The van der Waals surface area contributed by atoms with Crippen molar-refractivity contribution in [2.24, 2.45) is 17.6 Å². The Balaban J connectivity index is 1.88. The van der Waals surface area contributed by atoms with Crippen LogP contribution in [0.15, 0.2) is 0 Å². The van der Waals surface area contributed by atoms with Crippen molar-refractivity contribution in [2.45, 2.75) is 31.7 Å². The smallest absolute Gasteiger partial charge is 0.00855 e. The second kappa shape index (κ2) is 3.36. The van der Waals surface area contributed by atoms with Crippen molar-refractivity contribution >= 4 is 11.8 Å². The summed E-state index contributed by atoms with van der Waals surface area (Å²) in [6.45, 7) is 0. The van der Waals surface area contributed by atoms with Gasteiger partial charge in [0.15, 0.2) is 0 Å². The Labute approximate surface area is 73.1 Å². The van der Waals surface area contributed by atoms with Gasteiger partial charge in [-0.05, 0) is 29.8 Å². The Hall–Kier alpha value is 0.310. The first-order valence-corrected chi connectivity index (χ1v) is 5.87. The van der Waals surface area contributed by atoms with Gasteiger partial charge >= 0.3 is 0 Å². The van der Waals surface area contributed by atoms with Gasteiger partial charge in [0.25, 0.3) is 0 Å². The fourth-order valence-electron chi connectivity index (χ4n) is 2.13. The largest absolute Gasteiger partial charge is 0.327 e. The van der Waals surface area contributed by atoms with E-state index in [1.54, 1.807) is 0 Å². The third-order valence-corrected chi connectivity index (χ3v) is 4.36. The number of rotatable bonds is 1. The molecule has 2 aliphatic rings. The number of hydrogen-bond donors (Lipinski definition) is 1. The predicted molar refractivity (Wildman–Crippen MR) is 50.7 cm³/mol. The van der Waals surface area contributed by atoms with E-state index in [2.05, 4.69) is 11.8 Å². The Kier molecular flexibility index (Phi) is 2.42. The van der Waals surface area contributed by atoms with Crippen LogP contribution in [0.25, 0.3) is 0 Å². The third kappa shape index (κ3) is 1.57. The van der Waals surface area contributed by atoms with Gasteiger partial charge in [0, 0.05) is 6.04 Å². The standard InChI is InChI=1S/C9H17NS/c10-9-4-5-11-6-8(9)7-2-1-3-7/h7-9H,1-6,10H2. The minimum absolute atomic E-state index is 0.529. The summed E-state index contributed by atoms with van der Waals surface area (Å²) >= 11 is 2.10. The predicted octanol–water partition coefficient (Wildman–Crippen LogP) is 1.87. The van der Waals surface area contributed by atoms with E-state index in [4.69, 9.17) is 5.73 Å². The zero-order chi connectivity index (χ0) is 7.68. The second-order valence-electron chi connectivity index (χ2n) is 3.88. The second-order valence-corrected chi connectivity index (χ2v) is 5.03. The van der Waals surface area contributed by atoms with Crippen molar-refractivity contribution in [3.63, 3.8) is 0 Å². The van der Waals surface area contributed by atoms with Crippen LogP contribution in [0.4, 0.5) is 0 Å². The van der Waals surface area contributed by atoms with Crippen LogP contribution in [0, 0.1) is 11.8 Å². The summed E-state index contributed by atoms with van der Waals surface area (Å²) < 4.78 is 0. The van der Waals surface area contributed by atoms with E-state index in [9.17, 15) is 0 Å². The molecule has 2 rings (SSSR count). The van der Waals surface area contributed by atoms with Gasteiger partial charge in [-0.2, -0.15) is 11.8 Å². The van der Waals surface area contributed by atoms with E-state index in [-0.39, 0.29) is 0 Å². The minimum Gasteiger partial charge on any atom is -0.327 e. The average Bonchev–Trinajstić information content (AvgIpc) is 1.90. The van der Waals surface area contributed by atoms with Crippen LogP contribution in [0.1, 0.15) is 25.7 Å². The molecule has 0 aromatic carbocycles. The lowest BCUT2D eigenvalue weighted by Gasteiger charge is -2.39. The van der Waals surface area contributed by atoms with E-state index < -0.39 is 0 Å². The first-order valence-electron chi connectivity index (χ1n) is 4.71. The molecule has 2 unspecified atom stereocenters.